The van der Waals surface area contributed by atoms with Crippen LogP contribution in [0.3, 0.4) is 0 Å². The fourth-order valence-electron chi connectivity index (χ4n) is 4.92. The van der Waals surface area contributed by atoms with Gasteiger partial charge in [0.15, 0.2) is 0 Å². The quantitative estimate of drug-likeness (QED) is 0.461. The Morgan fingerprint density at radius 3 is 1.33 bits per heavy atom. The van der Waals surface area contributed by atoms with Crippen LogP contribution in [0, 0.1) is 0 Å². The van der Waals surface area contributed by atoms with Crippen molar-refractivity contribution < 1.29 is 9.47 Å². The van der Waals surface area contributed by atoms with Gasteiger partial charge in [-0.3, -0.25) is 0 Å². The van der Waals surface area contributed by atoms with Gasteiger partial charge < -0.3 is 9.47 Å². The molecule has 0 N–H and O–H groups in total. The zero-order valence-corrected chi connectivity index (χ0v) is 21.5. The van der Waals surface area contributed by atoms with Crippen LogP contribution in [-0.4, -0.2) is 22.0 Å². The molecule has 2 aromatic rings. The van der Waals surface area contributed by atoms with E-state index >= 15 is 0 Å². The summed E-state index contributed by atoms with van der Waals surface area (Å²) in [6.07, 6.45) is 2.11. The molecule has 0 saturated heterocycles. The molecule has 30 heavy (non-hydrogen) atoms. The number of hydrogen-bond acceptors (Lipinski definition) is 2. The normalized spacial score (nSPS) is 25.5. The molecule has 0 spiro atoms. The summed E-state index contributed by atoms with van der Waals surface area (Å²) in [6, 6.07) is 13.4. The van der Waals surface area contributed by atoms with Crippen molar-refractivity contribution >= 4 is 26.5 Å². The van der Waals surface area contributed by atoms with Gasteiger partial charge in [-0.25, -0.2) is 0 Å². The lowest BCUT2D eigenvalue weighted by molar-refractivity contribution is 0.288. The van der Waals surface area contributed by atoms with Crippen molar-refractivity contribution in [1.29, 1.82) is 0 Å². The average Bonchev–Trinajstić information content (AvgIpc) is 3.24. The van der Waals surface area contributed by atoms with E-state index in [4.69, 9.17) is 9.47 Å². The smallest absolute Gasteiger partial charge is 0.128 e. The summed E-state index contributed by atoms with van der Waals surface area (Å²) < 4.78 is 13.0. The third-order valence-electron chi connectivity index (χ3n) is 6.02. The maximum absolute atomic E-state index is 6.52. The molecule has 4 atom stereocenters. The molecule has 2 heterocycles. The van der Waals surface area contributed by atoms with E-state index in [0.717, 1.165) is 24.3 Å². The van der Waals surface area contributed by atoms with E-state index in [2.05, 4.69) is 91.8 Å². The Morgan fingerprint density at radius 1 is 0.667 bits per heavy atom. The molecule has 0 amide bonds. The number of hydrogen-bond donors (Lipinski definition) is 0. The standard InChI is InChI=1S/C26H36O2P2/c1-9-21-27-19-15-11-13-17(23(19)29(21)25(3,4)5)18-14-12-16-20-24(18)30(26(6,7)8)22(10-2)28-20/h11-16,21-22H,9-10H2,1-8H3. The number of ether oxygens (including phenoxy) is 2. The lowest BCUT2D eigenvalue weighted by Gasteiger charge is -2.34. The Kier molecular flexibility index (Phi) is 5.74. The molecule has 2 aliphatic heterocycles. The second kappa shape index (κ2) is 7.79. The monoisotopic (exact) mass is 442 g/mol. The van der Waals surface area contributed by atoms with Crippen LogP contribution in [0.1, 0.15) is 68.2 Å². The van der Waals surface area contributed by atoms with Gasteiger partial charge in [0.2, 0.25) is 0 Å². The number of rotatable bonds is 3. The molecule has 0 aliphatic carbocycles. The first-order valence-electron chi connectivity index (χ1n) is 11.3. The van der Waals surface area contributed by atoms with Crippen LogP contribution in [0.4, 0.5) is 0 Å². The van der Waals surface area contributed by atoms with E-state index in [-0.39, 0.29) is 10.3 Å². The number of fused-ring (bicyclic) bond motifs is 2. The molecule has 4 rings (SSSR count). The van der Waals surface area contributed by atoms with E-state index in [1.54, 1.807) is 0 Å². The van der Waals surface area contributed by atoms with Crippen molar-refractivity contribution in [3.63, 3.8) is 0 Å². The van der Waals surface area contributed by atoms with Crippen LogP contribution >= 0.6 is 15.8 Å². The highest BCUT2D eigenvalue weighted by Crippen LogP contribution is 2.63. The summed E-state index contributed by atoms with van der Waals surface area (Å²) in [4.78, 5) is 0. The summed E-state index contributed by atoms with van der Waals surface area (Å²) in [6.45, 7) is 18.8. The Bertz CT molecular complexity index is 862. The van der Waals surface area contributed by atoms with Gasteiger partial charge in [0.25, 0.3) is 0 Å². The van der Waals surface area contributed by atoms with Crippen LogP contribution in [0.25, 0.3) is 11.1 Å². The van der Waals surface area contributed by atoms with Crippen molar-refractivity contribution in [3.05, 3.63) is 36.4 Å². The minimum atomic E-state index is -0.429. The van der Waals surface area contributed by atoms with E-state index in [1.807, 2.05) is 0 Å². The number of benzene rings is 2. The summed E-state index contributed by atoms with van der Waals surface area (Å²) >= 11 is 0. The molecule has 0 saturated carbocycles. The zero-order valence-electron chi connectivity index (χ0n) is 19.7. The fraction of sp³-hybridized carbons (Fsp3) is 0.538. The highest BCUT2D eigenvalue weighted by Gasteiger charge is 2.45. The van der Waals surface area contributed by atoms with Crippen LogP contribution in [-0.2, 0) is 0 Å². The van der Waals surface area contributed by atoms with Gasteiger partial charge >= 0.3 is 0 Å². The first-order chi connectivity index (χ1) is 14.1. The van der Waals surface area contributed by atoms with Gasteiger partial charge in [0, 0.05) is 10.6 Å². The summed E-state index contributed by atoms with van der Waals surface area (Å²) in [5.41, 5.74) is 2.75. The molecular formula is C26H36O2P2. The van der Waals surface area contributed by atoms with Crippen molar-refractivity contribution in [3.8, 4) is 22.6 Å². The van der Waals surface area contributed by atoms with Gasteiger partial charge in [-0.2, -0.15) is 0 Å². The van der Waals surface area contributed by atoms with Crippen molar-refractivity contribution in [2.45, 2.75) is 90.2 Å². The van der Waals surface area contributed by atoms with Gasteiger partial charge in [-0.1, -0.05) is 79.7 Å². The van der Waals surface area contributed by atoms with Gasteiger partial charge in [-0.15, -0.1) is 0 Å². The van der Waals surface area contributed by atoms with E-state index in [1.165, 1.54) is 21.7 Å². The van der Waals surface area contributed by atoms with Crippen LogP contribution in [0.2, 0.25) is 0 Å². The zero-order chi connectivity index (χ0) is 21.8. The van der Waals surface area contributed by atoms with Gasteiger partial charge in [0.1, 0.15) is 23.2 Å². The second-order valence-electron chi connectivity index (χ2n) is 10.3. The average molecular weight is 443 g/mol. The predicted octanol–water partition coefficient (Wildman–Crippen LogP) is 7.42. The summed E-state index contributed by atoms with van der Waals surface area (Å²) in [5, 5.41) is 3.33. The second-order valence-corrected chi connectivity index (χ2v) is 16.6. The van der Waals surface area contributed by atoms with E-state index in [9.17, 15) is 0 Å². The Balaban J connectivity index is 1.95. The molecule has 0 radical (unpaired) electrons. The summed E-state index contributed by atoms with van der Waals surface area (Å²) in [7, 11) is -0.859. The highest BCUT2D eigenvalue weighted by molar-refractivity contribution is 7.69. The molecule has 4 unspecified atom stereocenters. The minimum absolute atomic E-state index is 0.201. The van der Waals surface area contributed by atoms with Crippen LogP contribution in [0.5, 0.6) is 11.5 Å². The topological polar surface area (TPSA) is 18.5 Å². The van der Waals surface area contributed by atoms with Gasteiger partial charge in [-0.05, 0) is 62.3 Å². The van der Waals surface area contributed by atoms with Crippen molar-refractivity contribution in [2.24, 2.45) is 0 Å². The first kappa shape index (κ1) is 22.1. The largest absolute Gasteiger partial charge is 0.485 e. The molecule has 0 aromatic heterocycles. The molecule has 4 heteroatoms. The fourth-order valence-corrected chi connectivity index (χ4v) is 11.4. The van der Waals surface area contributed by atoms with Crippen LogP contribution < -0.4 is 20.1 Å². The van der Waals surface area contributed by atoms with E-state index < -0.39 is 15.8 Å². The maximum Gasteiger partial charge on any atom is 0.128 e. The van der Waals surface area contributed by atoms with Crippen molar-refractivity contribution in [1.82, 2.24) is 0 Å². The molecule has 0 fully saturated rings. The lowest BCUT2D eigenvalue weighted by atomic mass is 10.0. The third-order valence-corrected chi connectivity index (χ3v) is 12.9. The molecule has 2 aliphatic rings. The molecule has 2 nitrogen and oxygen atoms in total. The summed E-state index contributed by atoms with van der Waals surface area (Å²) in [5.74, 6) is 2.81. The molecule has 162 valence electrons. The Labute approximate surface area is 185 Å². The first-order valence-corrected chi connectivity index (χ1v) is 14.1. The predicted molar refractivity (Wildman–Crippen MR) is 134 cm³/mol. The molecule has 0 bridgehead atoms. The Morgan fingerprint density at radius 2 is 1.03 bits per heavy atom. The SMILES string of the molecule is CCC1Oc2cccc(-c3cccc4c3P(C(C)(C)C)C(CC)O4)c2P1C(C)(C)C. The van der Waals surface area contributed by atoms with Crippen LogP contribution in [0.15, 0.2) is 36.4 Å². The van der Waals surface area contributed by atoms with Gasteiger partial charge in [0.05, 0.1) is 0 Å². The molecular weight excluding hydrogens is 406 g/mol. The highest BCUT2D eigenvalue weighted by atomic mass is 31.1. The van der Waals surface area contributed by atoms with E-state index in [0.29, 0.717) is 11.7 Å². The van der Waals surface area contributed by atoms with Crippen molar-refractivity contribution in [2.75, 3.05) is 0 Å². The minimum Gasteiger partial charge on any atom is -0.485 e. The molecule has 2 aromatic carbocycles. The third kappa shape index (κ3) is 3.59. The Hall–Kier alpha value is -1.10. The lowest BCUT2D eigenvalue weighted by Crippen LogP contribution is -2.26. The maximum atomic E-state index is 6.52.